The first-order valence-corrected chi connectivity index (χ1v) is 9.52. The second kappa shape index (κ2) is 8.63. The molecule has 7 heteroatoms. The lowest BCUT2D eigenvalue weighted by Crippen LogP contribution is -2.08. The van der Waals surface area contributed by atoms with E-state index in [0.29, 0.717) is 17.3 Å². The predicted molar refractivity (Wildman–Crippen MR) is 101 cm³/mol. The van der Waals surface area contributed by atoms with Gasteiger partial charge in [-0.05, 0) is 42.2 Å². The summed E-state index contributed by atoms with van der Waals surface area (Å²) in [5.74, 6) is -0.576. The molecule has 4 nitrogen and oxygen atoms in total. The molecular weight excluding hydrogens is 368 g/mol. The molecular formula is C20H21F2N3OS. The molecule has 0 amide bonds. The smallest absolute Gasteiger partial charge is 0.135 e. The Morgan fingerprint density at radius 1 is 1.11 bits per heavy atom. The van der Waals surface area contributed by atoms with Gasteiger partial charge in [0.05, 0.1) is 5.69 Å². The Hall–Kier alpha value is -2.25. The van der Waals surface area contributed by atoms with Crippen molar-refractivity contribution in [3.63, 3.8) is 0 Å². The quantitative estimate of drug-likeness (QED) is 0.643. The van der Waals surface area contributed by atoms with E-state index in [1.807, 2.05) is 30.5 Å². The van der Waals surface area contributed by atoms with E-state index in [1.165, 1.54) is 23.9 Å². The van der Waals surface area contributed by atoms with Gasteiger partial charge in [-0.2, -0.15) is 0 Å². The number of hydrogen-bond donors (Lipinski definition) is 1. The molecule has 0 aliphatic heterocycles. The van der Waals surface area contributed by atoms with Crippen LogP contribution in [0.3, 0.4) is 0 Å². The van der Waals surface area contributed by atoms with Crippen LogP contribution in [-0.2, 0) is 19.6 Å². The third-order valence-corrected chi connectivity index (χ3v) is 5.23. The van der Waals surface area contributed by atoms with Gasteiger partial charge in [-0.25, -0.2) is 13.8 Å². The molecule has 0 spiro atoms. The van der Waals surface area contributed by atoms with Crippen LogP contribution >= 0.6 is 11.8 Å². The molecule has 1 N–H and O–H groups in total. The van der Waals surface area contributed by atoms with Gasteiger partial charge >= 0.3 is 0 Å². The van der Waals surface area contributed by atoms with Crippen LogP contribution in [0.2, 0.25) is 0 Å². The van der Waals surface area contributed by atoms with Crippen molar-refractivity contribution >= 4 is 11.8 Å². The molecule has 2 aromatic heterocycles. The number of benzene rings is 1. The van der Waals surface area contributed by atoms with Crippen LogP contribution in [0.1, 0.15) is 36.8 Å². The summed E-state index contributed by atoms with van der Waals surface area (Å²) in [5, 5.41) is 10.6. The van der Waals surface area contributed by atoms with Crippen LogP contribution in [0.15, 0.2) is 52.6 Å². The van der Waals surface area contributed by atoms with Gasteiger partial charge < -0.3 is 9.67 Å². The van der Waals surface area contributed by atoms with Crippen LogP contribution in [0.5, 0.6) is 0 Å². The highest BCUT2D eigenvalue weighted by molar-refractivity contribution is 7.99. The van der Waals surface area contributed by atoms with Crippen LogP contribution in [0.25, 0.3) is 0 Å². The second-order valence-electron chi connectivity index (χ2n) is 6.50. The number of aromatic nitrogens is 3. The van der Waals surface area contributed by atoms with Gasteiger partial charge in [-0.1, -0.05) is 25.6 Å². The van der Waals surface area contributed by atoms with E-state index in [-0.39, 0.29) is 12.5 Å². The number of aliphatic hydroxyl groups excluding tert-OH is 1. The lowest BCUT2D eigenvalue weighted by atomic mass is 10.1. The molecule has 27 heavy (non-hydrogen) atoms. The number of imidazole rings is 1. The van der Waals surface area contributed by atoms with Crippen molar-refractivity contribution in [1.29, 1.82) is 0 Å². The van der Waals surface area contributed by atoms with Crippen molar-refractivity contribution in [2.75, 3.05) is 0 Å². The molecule has 0 bridgehead atoms. The van der Waals surface area contributed by atoms with Gasteiger partial charge in [0, 0.05) is 29.9 Å². The summed E-state index contributed by atoms with van der Waals surface area (Å²) in [6.07, 6.45) is 4.20. The summed E-state index contributed by atoms with van der Waals surface area (Å²) in [7, 11) is 0. The molecule has 0 fully saturated rings. The molecule has 3 aromatic rings. The monoisotopic (exact) mass is 389 g/mol. The van der Waals surface area contributed by atoms with Crippen molar-refractivity contribution in [3.05, 3.63) is 71.4 Å². The summed E-state index contributed by atoms with van der Waals surface area (Å²) in [6.45, 7) is 4.41. The average molecular weight is 389 g/mol. The van der Waals surface area contributed by atoms with Crippen LogP contribution in [0, 0.1) is 11.6 Å². The zero-order valence-corrected chi connectivity index (χ0v) is 16.0. The third-order valence-electron chi connectivity index (χ3n) is 4.14. The first-order valence-electron chi connectivity index (χ1n) is 8.71. The lowest BCUT2D eigenvalue weighted by Gasteiger charge is -2.13. The fourth-order valence-electron chi connectivity index (χ4n) is 2.83. The molecule has 0 aliphatic carbocycles. The molecule has 0 saturated heterocycles. The van der Waals surface area contributed by atoms with E-state index >= 15 is 0 Å². The van der Waals surface area contributed by atoms with Gasteiger partial charge in [0.2, 0.25) is 0 Å². The van der Waals surface area contributed by atoms with Crippen LogP contribution < -0.4 is 0 Å². The highest BCUT2D eigenvalue weighted by Gasteiger charge is 2.20. The predicted octanol–water partition coefficient (Wildman–Crippen LogP) is 4.57. The summed E-state index contributed by atoms with van der Waals surface area (Å²) in [5.41, 5.74) is 1.92. The average Bonchev–Trinajstić information content (AvgIpc) is 2.97. The Labute approximate surface area is 161 Å². The van der Waals surface area contributed by atoms with Gasteiger partial charge in [-0.3, -0.25) is 4.98 Å². The summed E-state index contributed by atoms with van der Waals surface area (Å²) < 4.78 is 29.2. The van der Waals surface area contributed by atoms with Gasteiger partial charge in [0.15, 0.2) is 0 Å². The zero-order chi connectivity index (χ0) is 19.4. The van der Waals surface area contributed by atoms with Crippen molar-refractivity contribution in [3.8, 4) is 0 Å². The Morgan fingerprint density at radius 3 is 2.37 bits per heavy atom. The fraction of sp³-hybridized carbons (Fsp3) is 0.300. The summed E-state index contributed by atoms with van der Waals surface area (Å²) in [6, 6.07) is 7.34. The first kappa shape index (κ1) is 19.5. The Bertz CT molecular complexity index is 893. The molecule has 0 atom stereocenters. The standard InChI is InChI=1S/C20H21F2N3OS/c1-13(2)19-20(27-17-10-15(21)9-16(22)11-17)25(18(12-26)24-19)8-5-14-3-6-23-7-4-14/h3-4,6-7,9-11,13,26H,5,8,12H2,1-2H3. The van der Waals surface area contributed by atoms with Crippen molar-refractivity contribution < 1.29 is 13.9 Å². The minimum atomic E-state index is -0.617. The Kier molecular flexibility index (Phi) is 6.23. The number of aryl methyl sites for hydroxylation is 1. The van der Waals surface area contributed by atoms with E-state index in [9.17, 15) is 13.9 Å². The minimum Gasteiger partial charge on any atom is -0.388 e. The maximum absolute atomic E-state index is 13.6. The van der Waals surface area contributed by atoms with Crippen molar-refractivity contribution in [1.82, 2.24) is 14.5 Å². The van der Waals surface area contributed by atoms with E-state index in [2.05, 4.69) is 9.97 Å². The zero-order valence-electron chi connectivity index (χ0n) is 15.2. The molecule has 0 unspecified atom stereocenters. The van der Waals surface area contributed by atoms with E-state index in [0.717, 1.165) is 28.8 Å². The number of aliphatic hydroxyl groups is 1. The highest BCUT2D eigenvalue weighted by atomic mass is 32.2. The van der Waals surface area contributed by atoms with Crippen molar-refractivity contribution in [2.45, 2.75) is 49.3 Å². The Balaban J connectivity index is 1.97. The SMILES string of the molecule is CC(C)c1nc(CO)n(CCc2ccncc2)c1Sc1cc(F)cc(F)c1. The van der Waals surface area contributed by atoms with Gasteiger partial charge in [0.25, 0.3) is 0 Å². The summed E-state index contributed by atoms with van der Waals surface area (Å²) in [4.78, 5) is 9.05. The van der Waals surface area contributed by atoms with Gasteiger partial charge in [0.1, 0.15) is 29.1 Å². The number of hydrogen-bond acceptors (Lipinski definition) is 4. The molecule has 0 radical (unpaired) electrons. The topological polar surface area (TPSA) is 50.9 Å². The minimum absolute atomic E-state index is 0.110. The normalized spacial score (nSPS) is 11.3. The number of halogens is 2. The highest BCUT2D eigenvalue weighted by Crippen LogP contribution is 2.35. The maximum Gasteiger partial charge on any atom is 0.135 e. The maximum atomic E-state index is 13.6. The number of pyridine rings is 1. The summed E-state index contributed by atoms with van der Waals surface area (Å²) >= 11 is 1.27. The van der Waals surface area contributed by atoms with Crippen LogP contribution in [0.4, 0.5) is 8.78 Å². The molecule has 0 aliphatic rings. The van der Waals surface area contributed by atoms with E-state index in [4.69, 9.17) is 0 Å². The largest absolute Gasteiger partial charge is 0.388 e. The molecule has 2 heterocycles. The van der Waals surface area contributed by atoms with Crippen LogP contribution in [-0.4, -0.2) is 19.6 Å². The molecule has 3 rings (SSSR count). The lowest BCUT2D eigenvalue weighted by molar-refractivity contribution is 0.263. The third kappa shape index (κ3) is 4.73. The number of nitrogens with zero attached hydrogens (tertiary/aromatic N) is 3. The first-order chi connectivity index (χ1) is 13.0. The van der Waals surface area contributed by atoms with E-state index in [1.54, 1.807) is 12.4 Å². The molecule has 1 aromatic carbocycles. The molecule has 142 valence electrons. The van der Waals surface area contributed by atoms with E-state index < -0.39 is 11.6 Å². The molecule has 0 saturated carbocycles. The Morgan fingerprint density at radius 2 is 1.78 bits per heavy atom. The van der Waals surface area contributed by atoms with Crippen molar-refractivity contribution in [2.24, 2.45) is 0 Å². The number of rotatable bonds is 7. The fourth-order valence-corrected chi connectivity index (χ4v) is 4.09. The second-order valence-corrected chi connectivity index (χ2v) is 7.56. The van der Waals surface area contributed by atoms with Gasteiger partial charge in [-0.15, -0.1) is 0 Å².